The van der Waals surface area contributed by atoms with Gasteiger partial charge in [0, 0.05) is 0 Å². The molecule has 0 aliphatic heterocycles. The zero-order valence-electron chi connectivity index (χ0n) is 6.04. The van der Waals surface area contributed by atoms with Gasteiger partial charge in [-0.1, -0.05) is 12.2 Å². The van der Waals surface area contributed by atoms with Gasteiger partial charge in [0.05, 0.1) is 19.6 Å². The largest absolute Gasteiger partial charge is 0.481 e. The minimum atomic E-state index is -0.819. The maximum absolute atomic E-state index is 9.93. The van der Waals surface area contributed by atoms with E-state index in [1.165, 1.54) is 0 Å². The molecular formula is C7H12O3. The van der Waals surface area contributed by atoms with E-state index in [2.05, 4.69) is 0 Å². The summed E-state index contributed by atoms with van der Waals surface area (Å²) in [7, 11) is 0. The molecule has 0 radical (unpaired) electrons. The standard InChI is InChI=1S/C7H12O3/c1-2-3-5-10-6-4-7(8)9/h2-3H,4-6H2,1H3,(H,8,9)/b3-2-. The molecule has 3 heteroatoms. The van der Waals surface area contributed by atoms with Gasteiger partial charge in [0.25, 0.3) is 0 Å². The van der Waals surface area contributed by atoms with Gasteiger partial charge >= 0.3 is 5.97 Å². The third kappa shape index (κ3) is 7.17. The Balaban J connectivity index is 2.98. The molecule has 0 aromatic heterocycles. The van der Waals surface area contributed by atoms with Crippen molar-refractivity contribution in [3.8, 4) is 0 Å². The van der Waals surface area contributed by atoms with Crippen LogP contribution in [0.5, 0.6) is 0 Å². The van der Waals surface area contributed by atoms with Gasteiger partial charge in [-0.25, -0.2) is 0 Å². The van der Waals surface area contributed by atoms with Crippen molar-refractivity contribution < 1.29 is 14.6 Å². The van der Waals surface area contributed by atoms with Crippen LogP contribution in [0, 0.1) is 0 Å². The number of carboxylic acid groups (broad SMARTS) is 1. The average Bonchev–Trinajstić information content (AvgIpc) is 1.87. The Labute approximate surface area is 60.3 Å². The molecule has 58 valence electrons. The Kier molecular flexibility index (Phi) is 5.77. The van der Waals surface area contributed by atoms with Crippen LogP contribution in [0.4, 0.5) is 0 Å². The summed E-state index contributed by atoms with van der Waals surface area (Å²) in [5.41, 5.74) is 0. The van der Waals surface area contributed by atoms with Crippen molar-refractivity contribution in [1.82, 2.24) is 0 Å². The Morgan fingerprint density at radius 3 is 2.90 bits per heavy atom. The van der Waals surface area contributed by atoms with Crippen molar-refractivity contribution >= 4 is 5.97 Å². The van der Waals surface area contributed by atoms with Gasteiger partial charge in [-0.2, -0.15) is 0 Å². The molecule has 0 bridgehead atoms. The SMILES string of the molecule is C/C=C\COCCC(=O)O. The molecule has 0 unspecified atom stereocenters. The number of aliphatic carboxylic acids is 1. The second-order valence-electron chi connectivity index (χ2n) is 1.79. The van der Waals surface area contributed by atoms with Crippen molar-refractivity contribution in [2.24, 2.45) is 0 Å². The summed E-state index contributed by atoms with van der Waals surface area (Å²) in [6.45, 7) is 2.68. The second-order valence-corrected chi connectivity index (χ2v) is 1.79. The second kappa shape index (κ2) is 6.29. The third-order valence-electron chi connectivity index (χ3n) is 0.910. The van der Waals surface area contributed by atoms with E-state index in [-0.39, 0.29) is 6.42 Å². The van der Waals surface area contributed by atoms with Crippen molar-refractivity contribution in [2.45, 2.75) is 13.3 Å². The summed E-state index contributed by atoms with van der Waals surface area (Å²) in [5, 5.41) is 8.17. The number of allylic oxidation sites excluding steroid dienone is 1. The van der Waals surface area contributed by atoms with Gasteiger partial charge in [-0.05, 0) is 6.92 Å². The lowest BCUT2D eigenvalue weighted by atomic mass is 10.5. The fourth-order valence-corrected chi connectivity index (χ4v) is 0.407. The van der Waals surface area contributed by atoms with Crippen LogP contribution >= 0.6 is 0 Å². The van der Waals surface area contributed by atoms with Crippen LogP contribution in [0.3, 0.4) is 0 Å². The lowest BCUT2D eigenvalue weighted by Crippen LogP contribution is -2.02. The molecule has 10 heavy (non-hydrogen) atoms. The first-order valence-corrected chi connectivity index (χ1v) is 3.18. The van der Waals surface area contributed by atoms with Crippen LogP contribution < -0.4 is 0 Å². The van der Waals surface area contributed by atoms with E-state index in [0.29, 0.717) is 13.2 Å². The Hall–Kier alpha value is -0.830. The number of carbonyl (C=O) groups is 1. The zero-order chi connectivity index (χ0) is 7.82. The highest BCUT2D eigenvalue weighted by Crippen LogP contribution is 1.82. The molecule has 0 fully saturated rings. The van der Waals surface area contributed by atoms with E-state index >= 15 is 0 Å². The molecule has 0 atom stereocenters. The van der Waals surface area contributed by atoms with Crippen LogP contribution in [0.1, 0.15) is 13.3 Å². The molecule has 0 aliphatic carbocycles. The fraction of sp³-hybridized carbons (Fsp3) is 0.571. The van der Waals surface area contributed by atoms with E-state index in [0.717, 1.165) is 0 Å². The highest BCUT2D eigenvalue weighted by molar-refractivity contribution is 5.66. The third-order valence-corrected chi connectivity index (χ3v) is 0.910. The fourth-order valence-electron chi connectivity index (χ4n) is 0.407. The summed E-state index contributed by atoms with van der Waals surface area (Å²) in [6, 6.07) is 0. The monoisotopic (exact) mass is 144 g/mol. The summed E-state index contributed by atoms with van der Waals surface area (Å²) < 4.78 is 4.92. The van der Waals surface area contributed by atoms with Gasteiger partial charge in [-0.15, -0.1) is 0 Å². The first-order valence-electron chi connectivity index (χ1n) is 3.18. The van der Waals surface area contributed by atoms with E-state index in [4.69, 9.17) is 9.84 Å². The van der Waals surface area contributed by atoms with Crippen LogP contribution in [0.25, 0.3) is 0 Å². The van der Waals surface area contributed by atoms with E-state index < -0.39 is 5.97 Å². The predicted octanol–water partition coefficient (Wildman–Crippen LogP) is 1.05. The molecule has 0 aromatic rings. The molecule has 0 saturated heterocycles. The summed E-state index contributed by atoms with van der Waals surface area (Å²) in [6.07, 6.45) is 3.78. The first kappa shape index (κ1) is 9.17. The van der Waals surface area contributed by atoms with Crippen molar-refractivity contribution in [2.75, 3.05) is 13.2 Å². The number of carboxylic acids is 1. The Morgan fingerprint density at radius 2 is 2.40 bits per heavy atom. The van der Waals surface area contributed by atoms with E-state index in [1.807, 2.05) is 19.1 Å². The minimum Gasteiger partial charge on any atom is -0.481 e. The average molecular weight is 144 g/mol. The van der Waals surface area contributed by atoms with Crippen molar-refractivity contribution in [3.63, 3.8) is 0 Å². The lowest BCUT2D eigenvalue weighted by molar-refractivity contribution is -0.138. The van der Waals surface area contributed by atoms with Crippen LogP contribution in [0.15, 0.2) is 12.2 Å². The van der Waals surface area contributed by atoms with Gasteiger partial charge in [0.2, 0.25) is 0 Å². The maximum Gasteiger partial charge on any atom is 0.305 e. The van der Waals surface area contributed by atoms with E-state index in [9.17, 15) is 4.79 Å². The van der Waals surface area contributed by atoms with E-state index in [1.54, 1.807) is 0 Å². The van der Waals surface area contributed by atoms with Crippen molar-refractivity contribution in [1.29, 1.82) is 0 Å². The maximum atomic E-state index is 9.93. The van der Waals surface area contributed by atoms with Gasteiger partial charge in [0.1, 0.15) is 0 Å². The molecular weight excluding hydrogens is 132 g/mol. The van der Waals surface area contributed by atoms with Gasteiger partial charge < -0.3 is 9.84 Å². The molecule has 0 spiro atoms. The normalized spacial score (nSPS) is 10.5. The Morgan fingerprint density at radius 1 is 1.70 bits per heavy atom. The molecule has 0 saturated carbocycles. The quantitative estimate of drug-likeness (QED) is 0.463. The molecule has 0 heterocycles. The van der Waals surface area contributed by atoms with Crippen LogP contribution in [-0.4, -0.2) is 24.3 Å². The first-order chi connectivity index (χ1) is 4.77. The molecule has 0 aliphatic rings. The van der Waals surface area contributed by atoms with Gasteiger partial charge in [-0.3, -0.25) is 4.79 Å². The zero-order valence-corrected chi connectivity index (χ0v) is 6.04. The molecule has 0 aromatic carbocycles. The molecule has 0 amide bonds. The van der Waals surface area contributed by atoms with Crippen LogP contribution in [-0.2, 0) is 9.53 Å². The predicted molar refractivity (Wildman–Crippen MR) is 37.9 cm³/mol. The summed E-state index contributed by atoms with van der Waals surface area (Å²) in [4.78, 5) is 9.93. The lowest BCUT2D eigenvalue weighted by Gasteiger charge is -1.95. The summed E-state index contributed by atoms with van der Waals surface area (Å²) >= 11 is 0. The molecule has 0 rings (SSSR count). The number of rotatable bonds is 5. The highest BCUT2D eigenvalue weighted by atomic mass is 16.5. The van der Waals surface area contributed by atoms with Gasteiger partial charge in [0.15, 0.2) is 0 Å². The number of hydrogen-bond acceptors (Lipinski definition) is 2. The smallest absolute Gasteiger partial charge is 0.305 e. The summed E-state index contributed by atoms with van der Waals surface area (Å²) in [5.74, 6) is -0.819. The number of ether oxygens (including phenoxy) is 1. The van der Waals surface area contributed by atoms with Crippen LogP contribution in [0.2, 0.25) is 0 Å². The topological polar surface area (TPSA) is 46.5 Å². The van der Waals surface area contributed by atoms with Crippen molar-refractivity contribution in [3.05, 3.63) is 12.2 Å². The molecule has 1 N–H and O–H groups in total. The minimum absolute atomic E-state index is 0.0809. The number of hydrogen-bond donors (Lipinski definition) is 1. The highest BCUT2D eigenvalue weighted by Gasteiger charge is 1.93. The molecule has 3 nitrogen and oxygen atoms in total. The Bertz CT molecular complexity index is 118.